The van der Waals surface area contributed by atoms with E-state index < -0.39 is 5.97 Å². The molecule has 1 aromatic carbocycles. The molecule has 7 heteroatoms. The maximum atomic E-state index is 12.1. The standard InChI is InChI=1S/C16H13BrClN3O2/c1-9-5-10(2)21-7-12(20-16(21)19-9)8-23-15(22)13-6-11(17)3-4-14(13)18/h3-7H,8H2,1-2H3. The lowest BCUT2D eigenvalue weighted by Gasteiger charge is -2.05. The Balaban J connectivity index is 1.79. The number of ether oxygens (including phenoxy) is 1. The first-order valence-electron chi connectivity index (χ1n) is 6.88. The van der Waals surface area contributed by atoms with Gasteiger partial charge in [-0.15, -0.1) is 0 Å². The van der Waals surface area contributed by atoms with E-state index in [-0.39, 0.29) is 6.61 Å². The lowest BCUT2D eigenvalue weighted by Crippen LogP contribution is -2.06. The van der Waals surface area contributed by atoms with E-state index in [1.54, 1.807) is 18.2 Å². The Morgan fingerprint density at radius 2 is 2.09 bits per heavy atom. The van der Waals surface area contributed by atoms with Crippen LogP contribution in [0.3, 0.4) is 0 Å². The summed E-state index contributed by atoms with van der Waals surface area (Å²) in [5.41, 5.74) is 2.86. The van der Waals surface area contributed by atoms with E-state index in [2.05, 4.69) is 25.9 Å². The molecule has 0 aliphatic heterocycles. The zero-order valence-electron chi connectivity index (χ0n) is 12.5. The van der Waals surface area contributed by atoms with Gasteiger partial charge in [0.25, 0.3) is 0 Å². The summed E-state index contributed by atoms with van der Waals surface area (Å²) < 4.78 is 7.93. The van der Waals surface area contributed by atoms with Crippen LogP contribution in [0.15, 0.2) is 34.9 Å². The van der Waals surface area contributed by atoms with E-state index in [1.165, 1.54) is 0 Å². The summed E-state index contributed by atoms with van der Waals surface area (Å²) in [7, 11) is 0. The first kappa shape index (κ1) is 16.0. The van der Waals surface area contributed by atoms with Gasteiger partial charge in [-0.2, -0.15) is 0 Å². The van der Waals surface area contributed by atoms with Gasteiger partial charge in [0.2, 0.25) is 5.78 Å². The highest BCUT2D eigenvalue weighted by Gasteiger charge is 2.14. The van der Waals surface area contributed by atoms with E-state index in [4.69, 9.17) is 16.3 Å². The zero-order valence-corrected chi connectivity index (χ0v) is 14.8. The Kier molecular flexibility index (Phi) is 4.37. The molecule has 0 N–H and O–H groups in total. The Hall–Kier alpha value is -1.92. The van der Waals surface area contributed by atoms with Crippen LogP contribution >= 0.6 is 27.5 Å². The van der Waals surface area contributed by atoms with Crippen molar-refractivity contribution in [2.45, 2.75) is 20.5 Å². The van der Waals surface area contributed by atoms with Gasteiger partial charge < -0.3 is 4.74 Å². The van der Waals surface area contributed by atoms with E-state index in [1.807, 2.05) is 30.5 Å². The minimum atomic E-state index is -0.491. The first-order valence-corrected chi connectivity index (χ1v) is 8.05. The summed E-state index contributed by atoms with van der Waals surface area (Å²) in [6, 6.07) is 7.00. The second kappa shape index (κ2) is 6.29. The number of aryl methyl sites for hydroxylation is 2. The Morgan fingerprint density at radius 1 is 1.30 bits per heavy atom. The molecule has 0 spiro atoms. The van der Waals surface area contributed by atoms with Crippen LogP contribution < -0.4 is 0 Å². The highest BCUT2D eigenvalue weighted by atomic mass is 79.9. The van der Waals surface area contributed by atoms with Crippen molar-refractivity contribution in [3.8, 4) is 0 Å². The molecule has 5 nitrogen and oxygen atoms in total. The highest BCUT2D eigenvalue weighted by molar-refractivity contribution is 9.10. The molecule has 0 saturated heterocycles. The second-order valence-corrected chi connectivity index (χ2v) is 6.46. The fourth-order valence-electron chi connectivity index (χ4n) is 2.26. The average Bonchev–Trinajstić information content (AvgIpc) is 2.90. The molecule has 0 amide bonds. The molecule has 23 heavy (non-hydrogen) atoms. The van der Waals surface area contributed by atoms with Gasteiger partial charge in [0.05, 0.1) is 16.3 Å². The third-order valence-electron chi connectivity index (χ3n) is 3.31. The lowest BCUT2D eigenvalue weighted by molar-refractivity contribution is 0.0468. The van der Waals surface area contributed by atoms with Crippen molar-refractivity contribution in [2.75, 3.05) is 0 Å². The number of carbonyl (C=O) groups is 1. The summed E-state index contributed by atoms with van der Waals surface area (Å²) in [4.78, 5) is 20.9. The summed E-state index contributed by atoms with van der Waals surface area (Å²) in [5.74, 6) is 0.100. The van der Waals surface area contributed by atoms with Crippen LogP contribution in [0.25, 0.3) is 5.78 Å². The number of benzene rings is 1. The molecule has 0 saturated carbocycles. The third kappa shape index (κ3) is 3.38. The van der Waals surface area contributed by atoms with E-state index >= 15 is 0 Å². The molecule has 0 unspecified atom stereocenters. The van der Waals surface area contributed by atoms with Gasteiger partial charge in [0.15, 0.2) is 0 Å². The van der Waals surface area contributed by atoms with Crippen molar-refractivity contribution in [3.63, 3.8) is 0 Å². The molecule has 0 fully saturated rings. The van der Waals surface area contributed by atoms with Crippen molar-refractivity contribution in [1.29, 1.82) is 0 Å². The van der Waals surface area contributed by atoms with E-state index in [0.29, 0.717) is 22.1 Å². The molecule has 0 aliphatic carbocycles. The number of rotatable bonds is 3. The molecular weight excluding hydrogens is 382 g/mol. The maximum absolute atomic E-state index is 12.1. The predicted octanol–water partition coefficient (Wildman–Crippen LogP) is 4.12. The number of aromatic nitrogens is 3. The van der Waals surface area contributed by atoms with Crippen molar-refractivity contribution < 1.29 is 9.53 Å². The number of nitrogens with zero attached hydrogens (tertiary/aromatic N) is 3. The quantitative estimate of drug-likeness (QED) is 0.627. The fraction of sp³-hybridized carbons (Fsp3) is 0.188. The molecule has 2 aromatic heterocycles. The van der Waals surface area contributed by atoms with Crippen LogP contribution in [0, 0.1) is 13.8 Å². The largest absolute Gasteiger partial charge is 0.455 e. The number of esters is 1. The third-order valence-corrected chi connectivity index (χ3v) is 4.13. The zero-order chi connectivity index (χ0) is 16.6. The summed E-state index contributed by atoms with van der Waals surface area (Å²) in [6.07, 6.45) is 1.81. The van der Waals surface area contributed by atoms with Gasteiger partial charge in [-0.1, -0.05) is 27.5 Å². The normalized spacial score (nSPS) is 11.0. The van der Waals surface area contributed by atoms with Crippen LogP contribution in [-0.4, -0.2) is 20.3 Å². The molecule has 3 rings (SSSR count). The van der Waals surface area contributed by atoms with Crippen LogP contribution in [-0.2, 0) is 11.3 Å². The SMILES string of the molecule is Cc1cc(C)n2cc(COC(=O)c3cc(Br)ccc3Cl)nc2n1. The van der Waals surface area contributed by atoms with Crippen LogP contribution in [0.1, 0.15) is 27.4 Å². The van der Waals surface area contributed by atoms with Crippen molar-refractivity contribution in [1.82, 2.24) is 14.4 Å². The van der Waals surface area contributed by atoms with Crippen LogP contribution in [0.4, 0.5) is 0 Å². The van der Waals surface area contributed by atoms with Crippen molar-refractivity contribution in [2.24, 2.45) is 0 Å². The van der Waals surface area contributed by atoms with E-state index in [9.17, 15) is 4.79 Å². The minimum Gasteiger partial charge on any atom is -0.455 e. The van der Waals surface area contributed by atoms with Crippen molar-refractivity contribution >= 4 is 39.3 Å². The molecule has 0 radical (unpaired) electrons. The molecule has 0 aliphatic rings. The molecular formula is C16H13BrClN3O2. The van der Waals surface area contributed by atoms with Crippen LogP contribution in [0.2, 0.25) is 5.02 Å². The lowest BCUT2D eigenvalue weighted by atomic mass is 10.2. The van der Waals surface area contributed by atoms with Gasteiger partial charge in [0, 0.05) is 22.1 Å². The van der Waals surface area contributed by atoms with Gasteiger partial charge in [-0.05, 0) is 38.1 Å². The number of halogens is 2. The second-order valence-electron chi connectivity index (χ2n) is 5.14. The monoisotopic (exact) mass is 393 g/mol. The summed E-state index contributed by atoms with van der Waals surface area (Å²) in [5, 5.41) is 0.348. The number of hydrogen-bond acceptors (Lipinski definition) is 4. The Bertz CT molecular complexity index is 908. The van der Waals surface area contributed by atoms with Crippen LogP contribution in [0.5, 0.6) is 0 Å². The predicted molar refractivity (Wildman–Crippen MR) is 90.7 cm³/mol. The number of hydrogen-bond donors (Lipinski definition) is 0. The summed E-state index contributed by atoms with van der Waals surface area (Å²) >= 11 is 9.33. The maximum Gasteiger partial charge on any atom is 0.340 e. The molecule has 3 aromatic rings. The van der Waals surface area contributed by atoms with Gasteiger partial charge in [-0.3, -0.25) is 4.40 Å². The molecule has 2 heterocycles. The number of fused-ring (bicyclic) bond motifs is 1. The van der Waals surface area contributed by atoms with Crippen molar-refractivity contribution in [3.05, 3.63) is 62.6 Å². The Labute approximate surface area is 146 Å². The van der Waals surface area contributed by atoms with Gasteiger partial charge in [-0.25, -0.2) is 14.8 Å². The Morgan fingerprint density at radius 3 is 2.87 bits per heavy atom. The molecule has 0 atom stereocenters. The highest BCUT2D eigenvalue weighted by Crippen LogP contribution is 2.22. The number of imidazole rings is 1. The fourth-order valence-corrected chi connectivity index (χ4v) is 2.81. The van der Waals surface area contributed by atoms with E-state index in [0.717, 1.165) is 15.9 Å². The molecule has 118 valence electrons. The topological polar surface area (TPSA) is 56.5 Å². The average molecular weight is 395 g/mol. The first-order chi connectivity index (χ1) is 10.9. The smallest absolute Gasteiger partial charge is 0.340 e. The minimum absolute atomic E-state index is 0.0591. The molecule has 0 bridgehead atoms. The number of carbonyl (C=O) groups excluding carboxylic acids is 1. The van der Waals surface area contributed by atoms with Gasteiger partial charge >= 0.3 is 5.97 Å². The van der Waals surface area contributed by atoms with Gasteiger partial charge in [0.1, 0.15) is 6.61 Å². The summed E-state index contributed by atoms with van der Waals surface area (Å²) in [6.45, 7) is 3.95.